The number of anilines is 1. The number of hydrogen-bond donors (Lipinski definition) is 3. The van der Waals surface area contributed by atoms with Crippen LogP contribution in [0, 0.1) is 0 Å². The molecule has 0 radical (unpaired) electrons. The van der Waals surface area contributed by atoms with Gasteiger partial charge >= 0.3 is 0 Å². The maximum absolute atomic E-state index is 11.2. The number of carbonyl (C=O) groups is 1. The maximum atomic E-state index is 11.2. The lowest BCUT2D eigenvalue weighted by molar-refractivity contribution is -0.114. The Labute approximate surface area is 174 Å². The van der Waals surface area contributed by atoms with E-state index in [0.29, 0.717) is 12.6 Å². The van der Waals surface area contributed by atoms with Crippen LogP contribution in [0.4, 0.5) is 5.69 Å². The Bertz CT molecular complexity index is 593. The fourth-order valence-electron chi connectivity index (χ4n) is 3.22. The van der Waals surface area contributed by atoms with Crippen molar-refractivity contribution in [2.24, 2.45) is 4.99 Å². The number of rotatable bonds is 7. The summed E-state index contributed by atoms with van der Waals surface area (Å²) in [5.74, 6) is 0.781. The largest absolute Gasteiger partial charge is 0.357 e. The van der Waals surface area contributed by atoms with Crippen LogP contribution in [0.3, 0.4) is 0 Å². The number of guanidine groups is 1. The molecular formula is C19H32IN5O. The Morgan fingerprint density at radius 1 is 1.31 bits per heavy atom. The second-order valence-electron chi connectivity index (χ2n) is 6.38. The fraction of sp³-hybridized carbons (Fsp3) is 0.579. The van der Waals surface area contributed by atoms with Crippen molar-refractivity contribution in [2.75, 3.05) is 31.5 Å². The standard InChI is InChI=1S/C19H31N5O.HI/c1-4-20-19(22-14-18-10-7-11-24(18)5-2)21-13-16-8-6-9-17(12-16)23-15(3)25;/h6,8-9,12,18H,4-5,7,10-11,13-14H2,1-3H3,(H,23,25)(H2,20,21,22);1H. The zero-order valence-electron chi connectivity index (χ0n) is 16.0. The van der Waals surface area contributed by atoms with E-state index in [4.69, 9.17) is 0 Å². The summed E-state index contributed by atoms with van der Waals surface area (Å²) in [6, 6.07) is 8.40. The number of halogens is 1. The molecule has 1 amide bonds. The Morgan fingerprint density at radius 2 is 2.12 bits per heavy atom. The summed E-state index contributed by atoms with van der Waals surface area (Å²) in [5, 5.41) is 9.59. The molecule has 0 aliphatic carbocycles. The van der Waals surface area contributed by atoms with Gasteiger partial charge in [-0.3, -0.25) is 9.69 Å². The van der Waals surface area contributed by atoms with Crippen molar-refractivity contribution in [1.82, 2.24) is 15.5 Å². The summed E-state index contributed by atoms with van der Waals surface area (Å²) in [6.07, 6.45) is 2.53. The number of hydrogen-bond acceptors (Lipinski definition) is 3. The maximum Gasteiger partial charge on any atom is 0.221 e. The third-order valence-electron chi connectivity index (χ3n) is 4.42. The molecule has 7 heteroatoms. The zero-order chi connectivity index (χ0) is 18.1. The van der Waals surface area contributed by atoms with Gasteiger partial charge in [0.05, 0.1) is 6.54 Å². The first kappa shape index (κ1) is 22.7. The normalized spacial score (nSPS) is 17.5. The van der Waals surface area contributed by atoms with Crippen LogP contribution in [0.2, 0.25) is 0 Å². The van der Waals surface area contributed by atoms with E-state index in [1.54, 1.807) is 0 Å². The Kier molecular flexibility index (Phi) is 10.6. The number of benzene rings is 1. The van der Waals surface area contributed by atoms with Crippen LogP contribution in [-0.2, 0) is 11.3 Å². The number of likely N-dealkylation sites (N-methyl/N-ethyl adjacent to an activating group) is 1. The molecule has 1 saturated heterocycles. The molecule has 1 atom stereocenters. The minimum absolute atomic E-state index is 0. The average Bonchev–Trinajstić information content (AvgIpc) is 3.04. The van der Waals surface area contributed by atoms with Crippen molar-refractivity contribution in [1.29, 1.82) is 0 Å². The Morgan fingerprint density at radius 3 is 2.81 bits per heavy atom. The van der Waals surface area contributed by atoms with Crippen molar-refractivity contribution < 1.29 is 4.79 Å². The van der Waals surface area contributed by atoms with Crippen LogP contribution in [0.5, 0.6) is 0 Å². The number of likely N-dealkylation sites (tertiary alicyclic amines) is 1. The highest BCUT2D eigenvalue weighted by Gasteiger charge is 2.22. The van der Waals surface area contributed by atoms with Gasteiger partial charge in [0, 0.05) is 31.7 Å². The van der Waals surface area contributed by atoms with Crippen molar-refractivity contribution in [2.45, 2.75) is 46.2 Å². The quantitative estimate of drug-likeness (QED) is 0.324. The molecular weight excluding hydrogens is 441 g/mol. The first-order valence-electron chi connectivity index (χ1n) is 9.25. The second-order valence-corrected chi connectivity index (χ2v) is 6.38. The van der Waals surface area contributed by atoms with Crippen LogP contribution in [0.1, 0.15) is 39.2 Å². The van der Waals surface area contributed by atoms with E-state index in [1.807, 2.05) is 24.3 Å². The molecule has 3 N–H and O–H groups in total. The number of aliphatic imine (C=N–C) groups is 1. The minimum Gasteiger partial charge on any atom is -0.357 e. The molecule has 146 valence electrons. The first-order chi connectivity index (χ1) is 12.1. The van der Waals surface area contributed by atoms with E-state index in [-0.39, 0.29) is 29.9 Å². The first-order valence-corrected chi connectivity index (χ1v) is 9.25. The average molecular weight is 473 g/mol. The van der Waals surface area contributed by atoms with Gasteiger partial charge in [-0.25, -0.2) is 4.99 Å². The summed E-state index contributed by atoms with van der Waals surface area (Å²) < 4.78 is 0. The van der Waals surface area contributed by atoms with E-state index in [1.165, 1.54) is 26.3 Å². The number of amides is 1. The smallest absolute Gasteiger partial charge is 0.221 e. The molecule has 0 aromatic heterocycles. The summed E-state index contributed by atoms with van der Waals surface area (Å²) in [6.45, 7) is 10.4. The van der Waals surface area contributed by atoms with Gasteiger partial charge < -0.3 is 16.0 Å². The SMILES string of the molecule is CCNC(=NCc1cccc(NC(C)=O)c1)NCC1CCCN1CC.I. The molecule has 1 unspecified atom stereocenters. The summed E-state index contributed by atoms with van der Waals surface area (Å²) in [5.41, 5.74) is 1.88. The van der Waals surface area contributed by atoms with E-state index < -0.39 is 0 Å². The molecule has 0 spiro atoms. The lowest BCUT2D eigenvalue weighted by Gasteiger charge is -2.24. The highest BCUT2D eigenvalue weighted by molar-refractivity contribution is 14.0. The van der Waals surface area contributed by atoms with Crippen molar-refractivity contribution in [3.8, 4) is 0 Å². The van der Waals surface area contributed by atoms with Crippen LogP contribution < -0.4 is 16.0 Å². The Balaban J connectivity index is 0.00000338. The molecule has 6 nitrogen and oxygen atoms in total. The number of nitrogens with zero attached hydrogens (tertiary/aromatic N) is 2. The van der Waals surface area contributed by atoms with Crippen LogP contribution >= 0.6 is 24.0 Å². The summed E-state index contributed by atoms with van der Waals surface area (Å²) in [7, 11) is 0. The van der Waals surface area contributed by atoms with E-state index >= 15 is 0 Å². The predicted octanol–water partition coefficient (Wildman–Crippen LogP) is 2.80. The predicted molar refractivity (Wildman–Crippen MR) is 119 cm³/mol. The van der Waals surface area contributed by atoms with Crippen molar-refractivity contribution in [3.05, 3.63) is 29.8 Å². The van der Waals surface area contributed by atoms with Crippen LogP contribution in [-0.4, -0.2) is 49.0 Å². The molecule has 26 heavy (non-hydrogen) atoms. The van der Waals surface area contributed by atoms with Gasteiger partial charge in [0.2, 0.25) is 5.91 Å². The molecule has 1 heterocycles. The Hall–Kier alpha value is -1.35. The highest BCUT2D eigenvalue weighted by Crippen LogP contribution is 2.15. The molecule has 1 aromatic rings. The van der Waals surface area contributed by atoms with E-state index in [9.17, 15) is 4.79 Å². The highest BCUT2D eigenvalue weighted by atomic mass is 127. The number of nitrogens with one attached hydrogen (secondary N) is 3. The lowest BCUT2D eigenvalue weighted by atomic mass is 10.2. The third-order valence-corrected chi connectivity index (χ3v) is 4.42. The van der Waals surface area contributed by atoms with Gasteiger partial charge in [0.15, 0.2) is 5.96 Å². The van der Waals surface area contributed by atoms with Crippen molar-refractivity contribution in [3.63, 3.8) is 0 Å². The van der Waals surface area contributed by atoms with Gasteiger partial charge in [-0.15, -0.1) is 24.0 Å². The minimum atomic E-state index is -0.0623. The molecule has 1 aliphatic rings. The monoisotopic (exact) mass is 473 g/mol. The summed E-state index contributed by atoms with van der Waals surface area (Å²) >= 11 is 0. The van der Waals surface area contributed by atoms with Crippen LogP contribution in [0.25, 0.3) is 0 Å². The lowest BCUT2D eigenvalue weighted by Crippen LogP contribution is -2.44. The molecule has 2 rings (SSSR count). The second kappa shape index (κ2) is 12.1. The molecule has 1 aromatic carbocycles. The van der Waals surface area contributed by atoms with Gasteiger partial charge in [0.25, 0.3) is 0 Å². The van der Waals surface area contributed by atoms with E-state index in [0.717, 1.165) is 36.8 Å². The van der Waals surface area contributed by atoms with Gasteiger partial charge in [-0.05, 0) is 50.6 Å². The molecule has 0 saturated carbocycles. The molecule has 0 bridgehead atoms. The third kappa shape index (κ3) is 7.49. The summed E-state index contributed by atoms with van der Waals surface area (Å²) in [4.78, 5) is 18.4. The van der Waals surface area contributed by atoms with Gasteiger partial charge in [0.1, 0.15) is 0 Å². The molecule has 1 aliphatic heterocycles. The number of carbonyl (C=O) groups excluding carboxylic acids is 1. The topological polar surface area (TPSA) is 68.8 Å². The van der Waals surface area contributed by atoms with Gasteiger partial charge in [-0.2, -0.15) is 0 Å². The van der Waals surface area contributed by atoms with Crippen molar-refractivity contribution >= 4 is 41.5 Å². The molecule has 1 fully saturated rings. The van der Waals surface area contributed by atoms with Gasteiger partial charge in [-0.1, -0.05) is 19.1 Å². The zero-order valence-corrected chi connectivity index (χ0v) is 18.4. The fourth-order valence-corrected chi connectivity index (χ4v) is 3.22. The van der Waals surface area contributed by atoms with Crippen LogP contribution in [0.15, 0.2) is 29.3 Å². The van der Waals surface area contributed by atoms with E-state index in [2.05, 4.69) is 39.7 Å².